The van der Waals surface area contributed by atoms with Crippen molar-refractivity contribution in [3.05, 3.63) is 29.3 Å². The Kier molecular flexibility index (Phi) is 4.02. The summed E-state index contributed by atoms with van der Waals surface area (Å²) in [4.78, 5) is 0. The van der Waals surface area contributed by atoms with Crippen LogP contribution in [0.3, 0.4) is 0 Å². The van der Waals surface area contributed by atoms with Crippen LogP contribution in [0.4, 0.5) is 5.69 Å². The van der Waals surface area contributed by atoms with E-state index in [2.05, 4.69) is 10.6 Å². The molecule has 2 N–H and O–H groups in total. The molecule has 0 aromatic heterocycles. The minimum Gasteiger partial charge on any atom is -0.360 e. The summed E-state index contributed by atoms with van der Waals surface area (Å²) in [6.07, 6.45) is 5.06. The van der Waals surface area contributed by atoms with Gasteiger partial charge in [0.2, 0.25) is 0 Å². The fourth-order valence-corrected chi connectivity index (χ4v) is 2.37. The first kappa shape index (κ1) is 11.7. The minimum absolute atomic E-state index is 0.548. The molecule has 2 nitrogen and oxygen atoms in total. The minimum atomic E-state index is 0.548. The fourth-order valence-electron chi connectivity index (χ4n) is 1.96. The van der Waals surface area contributed by atoms with Crippen molar-refractivity contribution in [2.24, 2.45) is 0 Å². The molecular weight excluding hydrogens is 240 g/mol. The van der Waals surface area contributed by atoms with Gasteiger partial charge in [-0.3, -0.25) is 0 Å². The molecule has 16 heavy (non-hydrogen) atoms. The van der Waals surface area contributed by atoms with Crippen molar-refractivity contribution in [2.75, 3.05) is 5.32 Å². The number of hydrogen-bond donors (Lipinski definition) is 2. The highest BCUT2D eigenvalue weighted by Crippen LogP contribution is 2.18. The third-order valence-corrected chi connectivity index (χ3v) is 3.26. The Bertz CT molecular complexity index is 358. The zero-order valence-corrected chi connectivity index (χ0v) is 10.6. The lowest BCUT2D eigenvalue weighted by Gasteiger charge is -2.15. The van der Waals surface area contributed by atoms with Gasteiger partial charge in [0, 0.05) is 16.8 Å². The third kappa shape index (κ3) is 3.35. The maximum Gasteiger partial charge on any atom is 0.170 e. The van der Waals surface area contributed by atoms with Gasteiger partial charge >= 0.3 is 0 Å². The van der Waals surface area contributed by atoms with Crippen LogP contribution < -0.4 is 10.6 Å². The molecular formula is C12H15ClN2S. The maximum atomic E-state index is 5.81. The molecule has 1 aliphatic carbocycles. The van der Waals surface area contributed by atoms with Gasteiger partial charge in [0.25, 0.3) is 0 Å². The van der Waals surface area contributed by atoms with Crippen molar-refractivity contribution in [1.82, 2.24) is 5.32 Å². The Labute approximate surface area is 106 Å². The second kappa shape index (κ2) is 5.51. The molecule has 0 saturated heterocycles. The zero-order chi connectivity index (χ0) is 11.4. The van der Waals surface area contributed by atoms with Crippen LogP contribution in [0.1, 0.15) is 25.7 Å². The van der Waals surface area contributed by atoms with Crippen LogP contribution in [0.5, 0.6) is 0 Å². The van der Waals surface area contributed by atoms with E-state index in [9.17, 15) is 0 Å². The van der Waals surface area contributed by atoms with Crippen LogP contribution in [0, 0.1) is 0 Å². The Morgan fingerprint density at radius 3 is 2.44 bits per heavy atom. The highest BCUT2D eigenvalue weighted by Gasteiger charge is 2.15. The second-order valence-corrected chi connectivity index (χ2v) is 4.93. The molecule has 0 unspecified atom stereocenters. The number of nitrogens with one attached hydrogen (secondary N) is 2. The van der Waals surface area contributed by atoms with Crippen molar-refractivity contribution in [3.8, 4) is 0 Å². The summed E-state index contributed by atoms with van der Waals surface area (Å²) in [5, 5.41) is 7.93. The van der Waals surface area contributed by atoms with E-state index in [1.165, 1.54) is 25.7 Å². The van der Waals surface area contributed by atoms with Crippen molar-refractivity contribution in [1.29, 1.82) is 0 Å². The number of hydrogen-bond acceptors (Lipinski definition) is 1. The van der Waals surface area contributed by atoms with Crippen molar-refractivity contribution < 1.29 is 0 Å². The van der Waals surface area contributed by atoms with Crippen LogP contribution in [-0.2, 0) is 0 Å². The molecule has 1 saturated carbocycles. The van der Waals surface area contributed by atoms with E-state index in [1.54, 1.807) is 0 Å². The lowest BCUT2D eigenvalue weighted by Crippen LogP contribution is -2.35. The Hall–Kier alpha value is -0.800. The zero-order valence-electron chi connectivity index (χ0n) is 9.00. The van der Waals surface area contributed by atoms with Gasteiger partial charge < -0.3 is 10.6 Å². The van der Waals surface area contributed by atoms with E-state index >= 15 is 0 Å². The monoisotopic (exact) mass is 254 g/mol. The molecule has 2 rings (SSSR count). The molecule has 0 heterocycles. The first-order valence-corrected chi connectivity index (χ1v) is 6.36. The maximum absolute atomic E-state index is 5.81. The molecule has 1 aromatic rings. The number of thiocarbonyl (C=S) groups is 1. The van der Waals surface area contributed by atoms with Gasteiger partial charge in [-0.15, -0.1) is 0 Å². The van der Waals surface area contributed by atoms with E-state index in [1.807, 2.05) is 24.3 Å². The lowest BCUT2D eigenvalue weighted by atomic mass is 10.2. The SMILES string of the molecule is S=C(Nc1ccc(Cl)cc1)NC1CCCC1. The predicted octanol–water partition coefficient (Wildman–Crippen LogP) is 3.57. The molecule has 1 fully saturated rings. The molecule has 0 aliphatic heterocycles. The average molecular weight is 255 g/mol. The van der Waals surface area contributed by atoms with E-state index < -0.39 is 0 Å². The smallest absolute Gasteiger partial charge is 0.170 e. The number of benzene rings is 1. The number of anilines is 1. The van der Waals surface area contributed by atoms with Gasteiger partial charge in [0.15, 0.2) is 5.11 Å². The van der Waals surface area contributed by atoms with Gasteiger partial charge in [0.05, 0.1) is 0 Å². The Morgan fingerprint density at radius 2 is 1.81 bits per heavy atom. The molecule has 0 amide bonds. The van der Waals surface area contributed by atoms with Gasteiger partial charge in [0.1, 0.15) is 0 Å². The summed E-state index contributed by atoms with van der Waals surface area (Å²) in [6, 6.07) is 8.09. The molecule has 0 spiro atoms. The van der Waals surface area contributed by atoms with Crippen LogP contribution in [0.15, 0.2) is 24.3 Å². The van der Waals surface area contributed by atoms with E-state index in [4.69, 9.17) is 23.8 Å². The Balaban J connectivity index is 1.84. The van der Waals surface area contributed by atoms with Gasteiger partial charge in [-0.25, -0.2) is 0 Å². The number of halogens is 1. The summed E-state index contributed by atoms with van der Waals surface area (Å²) < 4.78 is 0. The normalized spacial score (nSPS) is 16.1. The first-order chi connectivity index (χ1) is 7.74. The molecule has 86 valence electrons. The second-order valence-electron chi connectivity index (χ2n) is 4.09. The largest absolute Gasteiger partial charge is 0.360 e. The molecule has 4 heteroatoms. The van der Waals surface area contributed by atoms with Crippen molar-refractivity contribution in [2.45, 2.75) is 31.7 Å². The highest BCUT2D eigenvalue weighted by molar-refractivity contribution is 7.80. The van der Waals surface area contributed by atoms with Crippen LogP contribution in [0.2, 0.25) is 5.02 Å². The summed E-state index contributed by atoms with van der Waals surface area (Å²) in [7, 11) is 0. The first-order valence-electron chi connectivity index (χ1n) is 5.57. The Morgan fingerprint density at radius 1 is 1.19 bits per heavy atom. The lowest BCUT2D eigenvalue weighted by molar-refractivity contribution is 0.634. The van der Waals surface area contributed by atoms with Crippen LogP contribution in [-0.4, -0.2) is 11.2 Å². The van der Waals surface area contributed by atoms with Crippen molar-refractivity contribution in [3.63, 3.8) is 0 Å². The predicted molar refractivity (Wildman–Crippen MR) is 73.1 cm³/mol. The van der Waals surface area contributed by atoms with E-state index in [-0.39, 0.29) is 0 Å². The quantitative estimate of drug-likeness (QED) is 0.789. The van der Waals surface area contributed by atoms with Gasteiger partial charge in [-0.2, -0.15) is 0 Å². The van der Waals surface area contributed by atoms with Gasteiger partial charge in [-0.05, 0) is 49.3 Å². The summed E-state index contributed by atoms with van der Waals surface area (Å²) in [5.41, 5.74) is 0.972. The van der Waals surface area contributed by atoms with Crippen LogP contribution in [0.25, 0.3) is 0 Å². The summed E-state index contributed by atoms with van der Waals surface area (Å²) >= 11 is 11.1. The van der Waals surface area contributed by atoms with Crippen LogP contribution >= 0.6 is 23.8 Å². The van der Waals surface area contributed by atoms with E-state index in [0.717, 1.165) is 10.7 Å². The number of rotatable bonds is 2. The summed E-state index contributed by atoms with van der Waals surface area (Å²) in [5.74, 6) is 0. The fraction of sp³-hybridized carbons (Fsp3) is 0.417. The molecule has 1 aliphatic rings. The topological polar surface area (TPSA) is 24.1 Å². The average Bonchev–Trinajstić information content (AvgIpc) is 2.74. The van der Waals surface area contributed by atoms with E-state index in [0.29, 0.717) is 11.2 Å². The molecule has 0 bridgehead atoms. The van der Waals surface area contributed by atoms with Gasteiger partial charge in [-0.1, -0.05) is 24.4 Å². The molecule has 1 aromatic carbocycles. The summed E-state index contributed by atoms with van der Waals surface area (Å²) in [6.45, 7) is 0. The third-order valence-electron chi connectivity index (χ3n) is 2.79. The van der Waals surface area contributed by atoms with Crippen molar-refractivity contribution >= 4 is 34.6 Å². The highest BCUT2D eigenvalue weighted by atomic mass is 35.5. The molecule has 0 radical (unpaired) electrons. The molecule has 0 atom stereocenters. The standard InChI is InChI=1S/C12H15ClN2S/c13-9-5-7-11(8-6-9)15-12(16)14-10-3-1-2-4-10/h5-8,10H,1-4H2,(H2,14,15,16).